The second-order valence-corrected chi connectivity index (χ2v) is 7.57. The van der Waals surface area contributed by atoms with E-state index in [1.165, 1.54) is 5.56 Å². The van der Waals surface area contributed by atoms with E-state index < -0.39 is 0 Å². The minimum atomic E-state index is 0.683. The van der Waals surface area contributed by atoms with Gasteiger partial charge in [0.15, 0.2) is 0 Å². The summed E-state index contributed by atoms with van der Waals surface area (Å²) in [6, 6.07) is 12.3. The lowest BCUT2D eigenvalue weighted by Crippen LogP contribution is -2.46. The Labute approximate surface area is 160 Å². The maximum Gasteiger partial charge on any atom is 0.129 e. The predicted octanol–water partition coefficient (Wildman–Crippen LogP) is 4.37. The fourth-order valence-corrected chi connectivity index (χ4v) is 4.08. The molecule has 0 aliphatic carbocycles. The van der Waals surface area contributed by atoms with Crippen molar-refractivity contribution in [3.8, 4) is 0 Å². The summed E-state index contributed by atoms with van der Waals surface area (Å²) in [5, 5.41) is 1.74. The van der Waals surface area contributed by atoms with Crippen LogP contribution in [0.4, 0.5) is 5.82 Å². The van der Waals surface area contributed by atoms with Crippen LogP contribution in [0.1, 0.15) is 5.56 Å². The number of benzene rings is 1. The molecule has 1 aliphatic rings. The van der Waals surface area contributed by atoms with Gasteiger partial charge in [-0.1, -0.05) is 27.5 Å². The van der Waals surface area contributed by atoms with Gasteiger partial charge in [0.05, 0.1) is 10.5 Å². The minimum Gasteiger partial charge on any atom is -0.354 e. The van der Waals surface area contributed by atoms with Gasteiger partial charge >= 0.3 is 0 Å². The molecule has 3 heterocycles. The van der Waals surface area contributed by atoms with Crippen LogP contribution in [0, 0.1) is 0 Å². The smallest absolute Gasteiger partial charge is 0.129 e. The van der Waals surface area contributed by atoms with Crippen molar-refractivity contribution in [1.82, 2.24) is 14.9 Å². The zero-order valence-electron chi connectivity index (χ0n) is 13.7. The van der Waals surface area contributed by atoms with Gasteiger partial charge in [0.25, 0.3) is 0 Å². The number of piperazine rings is 1. The molecule has 0 saturated carbocycles. The first kappa shape index (κ1) is 16.8. The number of aromatic nitrogens is 2. The fraction of sp³-hybridized carbons (Fsp3) is 0.263. The summed E-state index contributed by atoms with van der Waals surface area (Å²) in [4.78, 5) is 13.7. The maximum atomic E-state index is 6.36. The van der Waals surface area contributed by atoms with Crippen LogP contribution in [0.5, 0.6) is 0 Å². The van der Waals surface area contributed by atoms with Gasteiger partial charge in [-0.25, -0.2) is 4.98 Å². The van der Waals surface area contributed by atoms with Gasteiger partial charge in [0.1, 0.15) is 5.82 Å². The molecule has 0 radical (unpaired) electrons. The van der Waals surface area contributed by atoms with E-state index in [1.54, 1.807) is 0 Å². The van der Waals surface area contributed by atoms with E-state index in [4.69, 9.17) is 16.6 Å². The van der Waals surface area contributed by atoms with Crippen LogP contribution >= 0.6 is 27.5 Å². The number of halogens is 2. The van der Waals surface area contributed by atoms with Crippen LogP contribution in [0.25, 0.3) is 10.9 Å². The van der Waals surface area contributed by atoms with Crippen molar-refractivity contribution < 1.29 is 0 Å². The van der Waals surface area contributed by atoms with Crippen molar-refractivity contribution in [3.05, 3.63) is 63.9 Å². The van der Waals surface area contributed by atoms with Gasteiger partial charge in [0, 0.05) is 55.0 Å². The molecule has 1 aliphatic heterocycles. The molecule has 0 unspecified atom stereocenters. The molecule has 0 N–H and O–H groups in total. The van der Waals surface area contributed by atoms with Crippen LogP contribution in [-0.2, 0) is 6.54 Å². The first-order chi connectivity index (χ1) is 12.2. The largest absolute Gasteiger partial charge is 0.354 e. The summed E-state index contributed by atoms with van der Waals surface area (Å²) >= 11 is 9.84. The quantitative estimate of drug-likeness (QED) is 0.633. The SMILES string of the molecule is Clc1cc(Br)cc2ccc(N3CCN(Cc4ccncc4)CC3)nc12. The number of anilines is 1. The van der Waals surface area contributed by atoms with Crippen molar-refractivity contribution in [2.24, 2.45) is 0 Å². The van der Waals surface area contributed by atoms with Gasteiger partial charge in [-0.15, -0.1) is 0 Å². The zero-order valence-corrected chi connectivity index (χ0v) is 16.0. The van der Waals surface area contributed by atoms with Gasteiger partial charge in [-0.3, -0.25) is 9.88 Å². The molecule has 1 aromatic carbocycles. The molecule has 2 aromatic heterocycles. The Morgan fingerprint density at radius 2 is 1.76 bits per heavy atom. The lowest BCUT2D eigenvalue weighted by molar-refractivity contribution is 0.249. The van der Waals surface area contributed by atoms with E-state index in [0.29, 0.717) is 5.02 Å². The van der Waals surface area contributed by atoms with Crippen LogP contribution in [-0.4, -0.2) is 41.0 Å². The molecule has 1 saturated heterocycles. The highest BCUT2D eigenvalue weighted by atomic mass is 79.9. The van der Waals surface area contributed by atoms with E-state index in [9.17, 15) is 0 Å². The molecular weight excluding hydrogens is 400 g/mol. The Hall–Kier alpha value is -1.69. The van der Waals surface area contributed by atoms with Gasteiger partial charge < -0.3 is 4.90 Å². The number of hydrogen-bond donors (Lipinski definition) is 0. The molecule has 1 fully saturated rings. The van der Waals surface area contributed by atoms with Crippen LogP contribution < -0.4 is 4.90 Å². The third-order valence-corrected chi connectivity index (χ3v) is 5.29. The van der Waals surface area contributed by atoms with Crippen molar-refractivity contribution in [2.45, 2.75) is 6.54 Å². The number of nitrogens with zero attached hydrogens (tertiary/aromatic N) is 4. The van der Waals surface area contributed by atoms with E-state index >= 15 is 0 Å². The van der Waals surface area contributed by atoms with Crippen LogP contribution in [0.2, 0.25) is 5.02 Å². The Morgan fingerprint density at radius 1 is 1.00 bits per heavy atom. The van der Waals surface area contributed by atoms with E-state index in [-0.39, 0.29) is 0 Å². The number of hydrogen-bond acceptors (Lipinski definition) is 4. The lowest BCUT2D eigenvalue weighted by atomic mass is 10.2. The van der Waals surface area contributed by atoms with Crippen LogP contribution in [0.3, 0.4) is 0 Å². The summed E-state index contributed by atoms with van der Waals surface area (Å²) in [5.41, 5.74) is 2.17. The average molecular weight is 418 g/mol. The van der Waals surface area contributed by atoms with Crippen molar-refractivity contribution in [1.29, 1.82) is 0 Å². The second-order valence-electron chi connectivity index (χ2n) is 6.25. The summed E-state index contributed by atoms with van der Waals surface area (Å²) in [6.07, 6.45) is 3.71. The first-order valence-electron chi connectivity index (χ1n) is 8.31. The monoisotopic (exact) mass is 416 g/mol. The normalized spacial score (nSPS) is 15.7. The number of rotatable bonds is 3. The van der Waals surface area contributed by atoms with E-state index in [2.05, 4.69) is 55.0 Å². The van der Waals surface area contributed by atoms with E-state index in [1.807, 2.05) is 24.5 Å². The van der Waals surface area contributed by atoms with Crippen molar-refractivity contribution in [2.75, 3.05) is 31.1 Å². The highest BCUT2D eigenvalue weighted by Crippen LogP contribution is 2.29. The lowest BCUT2D eigenvalue weighted by Gasteiger charge is -2.35. The molecule has 4 rings (SSSR count). The third kappa shape index (κ3) is 3.78. The summed E-state index contributed by atoms with van der Waals surface area (Å²) in [5.74, 6) is 1.00. The molecule has 25 heavy (non-hydrogen) atoms. The Bertz CT molecular complexity index is 879. The average Bonchev–Trinajstić information content (AvgIpc) is 2.63. The fourth-order valence-electron chi connectivity index (χ4n) is 3.20. The summed E-state index contributed by atoms with van der Waals surface area (Å²) in [7, 11) is 0. The first-order valence-corrected chi connectivity index (χ1v) is 9.48. The van der Waals surface area contributed by atoms with E-state index in [0.717, 1.165) is 53.9 Å². The number of pyridine rings is 2. The molecule has 0 amide bonds. The molecule has 0 spiro atoms. The van der Waals surface area contributed by atoms with Gasteiger partial charge in [0.2, 0.25) is 0 Å². The molecule has 0 atom stereocenters. The van der Waals surface area contributed by atoms with Crippen molar-refractivity contribution in [3.63, 3.8) is 0 Å². The molecular formula is C19H18BrClN4. The molecule has 0 bridgehead atoms. The summed E-state index contributed by atoms with van der Waals surface area (Å²) in [6.45, 7) is 4.96. The topological polar surface area (TPSA) is 32.3 Å². The van der Waals surface area contributed by atoms with Crippen LogP contribution in [0.15, 0.2) is 53.3 Å². The number of fused-ring (bicyclic) bond motifs is 1. The maximum absolute atomic E-state index is 6.36. The molecule has 6 heteroatoms. The van der Waals surface area contributed by atoms with Gasteiger partial charge in [-0.05, 0) is 42.0 Å². The summed E-state index contributed by atoms with van der Waals surface area (Å²) < 4.78 is 0.976. The Kier molecular flexibility index (Phi) is 4.88. The standard InChI is InChI=1S/C19H18BrClN4/c20-16-11-15-1-2-18(23-19(15)17(21)12-16)25-9-7-24(8-10-25)13-14-3-5-22-6-4-14/h1-6,11-12H,7-10,13H2. The molecule has 4 nitrogen and oxygen atoms in total. The highest BCUT2D eigenvalue weighted by Gasteiger charge is 2.18. The van der Waals surface area contributed by atoms with Gasteiger partial charge in [-0.2, -0.15) is 0 Å². The predicted molar refractivity (Wildman–Crippen MR) is 106 cm³/mol. The Morgan fingerprint density at radius 3 is 2.52 bits per heavy atom. The second kappa shape index (κ2) is 7.28. The zero-order chi connectivity index (χ0) is 17.2. The Balaban J connectivity index is 1.46. The van der Waals surface area contributed by atoms with Crippen molar-refractivity contribution >= 4 is 44.3 Å². The minimum absolute atomic E-state index is 0.683. The third-order valence-electron chi connectivity index (χ3n) is 4.55. The molecule has 128 valence electrons. The highest BCUT2D eigenvalue weighted by molar-refractivity contribution is 9.10. The molecule has 3 aromatic rings.